The van der Waals surface area contributed by atoms with Crippen LogP contribution in [-0.4, -0.2) is 50.9 Å². The number of aromatic nitrogens is 3. The van der Waals surface area contributed by atoms with E-state index >= 15 is 0 Å². The molecule has 3 rings (SSSR count). The molecule has 0 saturated carbocycles. The van der Waals surface area contributed by atoms with Crippen LogP contribution in [0, 0.1) is 6.92 Å². The first-order chi connectivity index (χ1) is 10.7. The minimum absolute atomic E-state index is 0.897. The van der Waals surface area contributed by atoms with E-state index in [1.165, 1.54) is 5.69 Å². The molecular weight excluding hydrogens is 294 g/mol. The number of aryl methyl sites for hydroxylation is 2. The molecule has 0 radical (unpaired) electrons. The van der Waals surface area contributed by atoms with Crippen LogP contribution in [0.25, 0.3) is 0 Å². The molecule has 0 aliphatic carbocycles. The van der Waals surface area contributed by atoms with Crippen LogP contribution in [0.1, 0.15) is 29.1 Å². The lowest BCUT2D eigenvalue weighted by Gasteiger charge is -2.34. The summed E-state index contributed by atoms with van der Waals surface area (Å²) in [6.45, 7) is 10.5. The molecule has 0 atom stereocenters. The van der Waals surface area contributed by atoms with Gasteiger partial charge in [0.25, 0.3) is 0 Å². The quantitative estimate of drug-likeness (QED) is 0.845. The highest BCUT2D eigenvalue weighted by Crippen LogP contribution is 2.13. The maximum absolute atomic E-state index is 4.60. The minimum Gasteiger partial charge on any atom is -0.295 e. The predicted octanol–water partition coefficient (Wildman–Crippen LogP) is 2.12. The first-order valence-corrected chi connectivity index (χ1v) is 8.77. The maximum atomic E-state index is 4.60. The molecule has 0 bridgehead atoms. The van der Waals surface area contributed by atoms with Gasteiger partial charge in [-0.3, -0.25) is 9.80 Å². The molecule has 0 amide bonds. The van der Waals surface area contributed by atoms with Gasteiger partial charge in [0.1, 0.15) is 5.82 Å². The van der Waals surface area contributed by atoms with Crippen molar-refractivity contribution in [1.29, 1.82) is 0 Å². The van der Waals surface area contributed by atoms with Crippen molar-refractivity contribution < 1.29 is 0 Å². The average Bonchev–Trinajstić information content (AvgIpc) is 2.94. The van der Waals surface area contributed by atoms with Crippen LogP contribution in [0.3, 0.4) is 0 Å². The van der Waals surface area contributed by atoms with E-state index < -0.39 is 0 Å². The zero-order valence-corrected chi connectivity index (χ0v) is 14.1. The standard InChI is InChI=1S/C16H23N5S/c1-3-16-17-5-4-14(19-16)10-20-6-8-21(9-7-20)11-15-12-22-13(2)18-15/h4-5,12H,3,6-11H2,1-2H3. The Labute approximate surface area is 136 Å². The van der Waals surface area contributed by atoms with E-state index in [-0.39, 0.29) is 0 Å². The highest BCUT2D eigenvalue weighted by Gasteiger charge is 2.18. The molecule has 2 aromatic rings. The van der Waals surface area contributed by atoms with Crippen LogP contribution in [0.5, 0.6) is 0 Å². The van der Waals surface area contributed by atoms with Gasteiger partial charge in [-0.05, 0) is 13.0 Å². The first kappa shape index (κ1) is 15.5. The van der Waals surface area contributed by atoms with Gasteiger partial charge in [0, 0.05) is 57.3 Å². The van der Waals surface area contributed by atoms with Crippen LogP contribution in [0.2, 0.25) is 0 Å². The van der Waals surface area contributed by atoms with E-state index in [2.05, 4.69) is 44.0 Å². The molecule has 22 heavy (non-hydrogen) atoms. The van der Waals surface area contributed by atoms with Crippen molar-refractivity contribution in [2.45, 2.75) is 33.4 Å². The van der Waals surface area contributed by atoms with E-state index in [4.69, 9.17) is 0 Å². The summed E-state index contributed by atoms with van der Waals surface area (Å²) in [6.07, 6.45) is 2.77. The molecule has 0 unspecified atom stereocenters. The molecule has 1 fully saturated rings. The lowest BCUT2D eigenvalue weighted by Crippen LogP contribution is -2.45. The summed E-state index contributed by atoms with van der Waals surface area (Å²) in [7, 11) is 0. The van der Waals surface area contributed by atoms with E-state index in [0.29, 0.717) is 0 Å². The number of rotatable bonds is 5. The molecule has 1 saturated heterocycles. The van der Waals surface area contributed by atoms with Gasteiger partial charge in [-0.2, -0.15) is 0 Å². The summed E-state index contributed by atoms with van der Waals surface area (Å²) < 4.78 is 0. The van der Waals surface area contributed by atoms with Gasteiger partial charge in [0.2, 0.25) is 0 Å². The number of thiazole rings is 1. The van der Waals surface area contributed by atoms with Gasteiger partial charge < -0.3 is 0 Å². The number of piperazine rings is 1. The lowest BCUT2D eigenvalue weighted by molar-refractivity contribution is 0.120. The Morgan fingerprint density at radius 1 is 1.05 bits per heavy atom. The molecule has 0 aromatic carbocycles. The zero-order valence-electron chi connectivity index (χ0n) is 13.3. The Hall–Kier alpha value is -1.37. The fourth-order valence-electron chi connectivity index (χ4n) is 2.74. The summed E-state index contributed by atoms with van der Waals surface area (Å²) in [5.41, 5.74) is 2.34. The van der Waals surface area contributed by atoms with Gasteiger partial charge in [-0.1, -0.05) is 6.92 Å². The lowest BCUT2D eigenvalue weighted by atomic mass is 10.2. The Balaban J connectivity index is 1.49. The van der Waals surface area contributed by atoms with E-state index in [1.807, 2.05) is 12.3 Å². The fourth-order valence-corrected chi connectivity index (χ4v) is 3.35. The van der Waals surface area contributed by atoms with E-state index in [9.17, 15) is 0 Å². The molecule has 3 heterocycles. The predicted molar refractivity (Wildman–Crippen MR) is 88.8 cm³/mol. The molecule has 1 aliphatic heterocycles. The molecule has 1 aliphatic rings. The van der Waals surface area contributed by atoms with Gasteiger partial charge in [-0.15, -0.1) is 11.3 Å². The van der Waals surface area contributed by atoms with Gasteiger partial charge in [0.05, 0.1) is 16.4 Å². The maximum Gasteiger partial charge on any atom is 0.128 e. The highest BCUT2D eigenvalue weighted by molar-refractivity contribution is 7.09. The molecular formula is C16H23N5S. The molecule has 0 N–H and O–H groups in total. The second-order valence-corrected chi connectivity index (χ2v) is 6.79. The van der Waals surface area contributed by atoms with Gasteiger partial charge in [-0.25, -0.2) is 15.0 Å². The summed E-state index contributed by atoms with van der Waals surface area (Å²) in [5, 5.41) is 3.33. The topological polar surface area (TPSA) is 45.2 Å². The largest absolute Gasteiger partial charge is 0.295 e. The average molecular weight is 317 g/mol. The van der Waals surface area contributed by atoms with Gasteiger partial charge in [0.15, 0.2) is 0 Å². The Kier molecular flexibility index (Phi) is 5.12. The summed E-state index contributed by atoms with van der Waals surface area (Å²) in [5.74, 6) is 0.940. The monoisotopic (exact) mass is 317 g/mol. The Morgan fingerprint density at radius 2 is 1.73 bits per heavy atom. The van der Waals surface area contributed by atoms with Crippen molar-refractivity contribution >= 4 is 11.3 Å². The first-order valence-electron chi connectivity index (χ1n) is 7.89. The summed E-state index contributed by atoms with van der Waals surface area (Å²) >= 11 is 1.74. The van der Waals surface area contributed by atoms with Crippen molar-refractivity contribution in [3.63, 3.8) is 0 Å². The fraction of sp³-hybridized carbons (Fsp3) is 0.562. The Morgan fingerprint density at radius 3 is 2.32 bits per heavy atom. The summed E-state index contributed by atoms with van der Waals surface area (Å²) in [4.78, 5) is 18.4. The highest BCUT2D eigenvalue weighted by atomic mass is 32.1. The van der Waals surface area contributed by atoms with Crippen molar-refractivity contribution in [2.24, 2.45) is 0 Å². The molecule has 118 valence electrons. The smallest absolute Gasteiger partial charge is 0.128 e. The third-order valence-electron chi connectivity index (χ3n) is 3.98. The van der Waals surface area contributed by atoms with Crippen LogP contribution in [-0.2, 0) is 19.5 Å². The third-order valence-corrected chi connectivity index (χ3v) is 4.80. The van der Waals surface area contributed by atoms with E-state index in [0.717, 1.165) is 62.2 Å². The molecule has 2 aromatic heterocycles. The molecule has 5 nitrogen and oxygen atoms in total. The van der Waals surface area contributed by atoms with Crippen molar-refractivity contribution in [3.8, 4) is 0 Å². The van der Waals surface area contributed by atoms with Crippen molar-refractivity contribution in [2.75, 3.05) is 26.2 Å². The second-order valence-electron chi connectivity index (χ2n) is 5.73. The van der Waals surface area contributed by atoms with Gasteiger partial charge >= 0.3 is 0 Å². The summed E-state index contributed by atoms with van der Waals surface area (Å²) in [6, 6.07) is 2.03. The Bertz CT molecular complexity index is 604. The molecule has 6 heteroatoms. The number of nitrogens with zero attached hydrogens (tertiary/aromatic N) is 5. The normalized spacial score (nSPS) is 17.0. The van der Waals surface area contributed by atoms with Crippen molar-refractivity contribution in [3.05, 3.63) is 39.9 Å². The zero-order chi connectivity index (χ0) is 15.4. The van der Waals surface area contributed by atoms with E-state index in [1.54, 1.807) is 11.3 Å². The van der Waals surface area contributed by atoms with Crippen molar-refractivity contribution in [1.82, 2.24) is 24.8 Å². The number of hydrogen-bond donors (Lipinski definition) is 0. The van der Waals surface area contributed by atoms with Crippen LogP contribution >= 0.6 is 11.3 Å². The number of hydrogen-bond acceptors (Lipinski definition) is 6. The minimum atomic E-state index is 0.897. The third kappa shape index (κ3) is 4.09. The SMILES string of the molecule is CCc1nccc(CN2CCN(Cc3csc(C)n3)CC2)n1. The molecule has 0 spiro atoms. The van der Waals surface area contributed by atoms with Crippen LogP contribution in [0.4, 0.5) is 0 Å². The van der Waals surface area contributed by atoms with Crippen LogP contribution < -0.4 is 0 Å². The van der Waals surface area contributed by atoms with Crippen LogP contribution in [0.15, 0.2) is 17.6 Å². The second kappa shape index (κ2) is 7.26.